The minimum atomic E-state index is -0.489. The Bertz CT molecular complexity index is 1120. The van der Waals surface area contributed by atoms with Crippen molar-refractivity contribution in [1.29, 1.82) is 0 Å². The number of fused-ring (bicyclic) bond motifs is 1. The Morgan fingerprint density at radius 1 is 1.07 bits per heavy atom. The molecule has 2 aromatic carbocycles. The van der Waals surface area contributed by atoms with Crippen LogP contribution in [0.25, 0.3) is 10.2 Å². The number of para-hydroxylation sites is 2. The van der Waals surface area contributed by atoms with Crippen molar-refractivity contribution in [3.8, 4) is 17.2 Å². The van der Waals surface area contributed by atoms with Crippen LogP contribution < -0.4 is 19.0 Å². The van der Waals surface area contributed by atoms with E-state index in [1.807, 2.05) is 18.2 Å². The Morgan fingerprint density at radius 2 is 1.83 bits per heavy atom. The van der Waals surface area contributed by atoms with Gasteiger partial charge in [-0.25, -0.2) is 0 Å². The van der Waals surface area contributed by atoms with Crippen molar-refractivity contribution in [2.45, 2.75) is 13.5 Å². The second-order valence-electron chi connectivity index (χ2n) is 6.05. The van der Waals surface area contributed by atoms with Gasteiger partial charge in [-0.3, -0.25) is 9.59 Å². The Kier molecular flexibility index (Phi) is 7.08. The van der Waals surface area contributed by atoms with Crippen molar-refractivity contribution in [2.75, 3.05) is 27.4 Å². The molecule has 0 fully saturated rings. The van der Waals surface area contributed by atoms with Crippen molar-refractivity contribution in [2.24, 2.45) is 4.99 Å². The molecule has 0 aliphatic heterocycles. The maximum Gasteiger partial charge on any atom is 0.326 e. The highest BCUT2D eigenvalue weighted by molar-refractivity contribution is 7.16. The first kappa shape index (κ1) is 21.4. The van der Waals surface area contributed by atoms with E-state index in [2.05, 4.69) is 4.99 Å². The second kappa shape index (κ2) is 9.93. The predicted molar refractivity (Wildman–Crippen MR) is 112 cm³/mol. The molecule has 0 aliphatic carbocycles. The Morgan fingerprint density at radius 3 is 2.53 bits per heavy atom. The number of benzene rings is 2. The van der Waals surface area contributed by atoms with E-state index in [9.17, 15) is 9.59 Å². The normalized spacial score (nSPS) is 11.4. The summed E-state index contributed by atoms with van der Waals surface area (Å²) >= 11 is 1.28. The molecule has 0 aliphatic rings. The van der Waals surface area contributed by atoms with Crippen LogP contribution in [0.2, 0.25) is 0 Å². The largest absolute Gasteiger partial charge is 0.497 e. The number of esters is 1. The van der Waals surface area contributed by atoms with E-state index >= 15 is 0 Å². The molecule has 3 aromatic rings. The molecular formula is C21H22N2O6S. The first-order chi connectivity index (χ1) is 14.5. The Hall–Kier alpha value is -3.33. The molecule has 0 atom stereocenters. The fourth-order valence-corrected chi connectivity index (χ4v) is 3.85. The maximum absolute atomic E-state index is 12.5. The summed E-state index contributed by atoms with van der Waals surface area (Å²) < 4.78 is 23.6. The topological polar surface area (TPSA) is 88.4 Å². The fraction of sp³-hybridized carbons (Fsp3) is 0.286. The second-order valence-corrected chi connectivity index (χ2v) is 7.06. The van der Waals surface area contributed by atoms with E-state index in [0.717, 1.165) is 10.2 Å². The van der Waals surface area contributed by atoms with Crippen molar-refractivity contribution < 1.29 is 28.5 Å². The fourth-order valence-electron chi connectivity index (χ4n) is 2.77. The smallest absolute Gasteiger partial charge is 0.326 e. The molecule has 1 amide bonds. The molecular weight excluding hydrogens is 408 g/mol. The molecule has 3 rings (SSSR count). The van der Waals surface area contributed by atoms with Crippen LogP contribution in [0.5, 0.6) is 17.2 Å². The standard InChI is InChI=1S/C21H22N2O6S/c1-4-28-20(25)12-23-15-10-9-14(26-2)11-18(15)30-21(23)22-19(24)13-29-17-8-6-5-7-16(17)27-3/h5-11H,4,12-13H2,1-3H3. The number of hydrogen-bond donors (Lipinski definition) is 0. The molecule has 0 saturated carbocycles. The average molecular weight is 430 g/mol. The minimum Gasteiger partial charge on any atom is -0.497 e. The molecule has 0 saturated heterocycles. The molecule has 0 bridgehead atoms. The lowest BCUT2D eigenvalue weighted by atomic mass is 10.3. The van der Waals surface area contributed by atoms with Gasteiger partial charge in [0.1, 0.15) is 12.3 Å². The zero-order valence-corrected chi connectivity index (χ0v) is 17.7. The molecule has 30 heavy (non-hydrogen) atoms. The summed E-state index contributed by atoms with van der Waals surface area (Å²) in [6.07, 6.45) is 0. The number of methoxy groups -OCH3 is 2. The zero-order valence-electron chi connectivity index (χ0n) is 16.9. The number of aromatic nitrogens is 1. The van der Waals surface area contributed by atoms with E-state index in [0.29, 0.717) is 22.0 Å². The van der Waals surface area contributed by atoms with Gasteiger partial charge in [0.05, 0.1) is 31.0 Å². The first-order valence-corrected chi connectivity index (χ1v) is 10.0. The van der Waals surface area contributed by atoms with Gasteiger partial charge in [0.2, 0.25) is 0 Å². The van der Waals surface area contributed by atoms with Crippen LogP contribution in [0.3, 0.4) is 0 Å². The van der Waals surface area contributed by atoms with Gasteiger partial charge in [-0.05, 0) is 37.3 Å². The Labute approximate surface area is 177 Å². The molecule has 0 N–H and O–H groups in total. The van der Waals surface area contributed by atoms with E-state index < -0.39 is 11.9 Å². The molecule has 8 nitrogen and oxygen atoms in total. The lowest BCUT2D eigenvalue weighted by Gasteiger charge is -2.08. The molecule has 0 radical (unpaired) electrons. The molecule has 0 unspecified atom stereocenters. The first-order valence-electron chi connectivity index (χ1n) is 9.22. The Balaban J connectivity index is 1.91. The van der Waals surface area contributed by atoms with Crippen LogP contribution in [0.15, 0.2) is 47.5 Å². The predicted octanol–water partition coefficient (Wildman–Crippen LogP) is 2.79. The zero-order chi connectivity index (χ0) is 21.5. The summed E-state index contributed by atoms with van der Waals surface area (Å²) in [7, 11) is 3.10. The summed E-state index contributed by atoms with van der Waals surface area (Å²) in [5.74, 6) is 0.745. The van der Waals surface area contributed by atoms with E-state index in [1.54, 1.807) is 42.9 Å². The minimum absolute atomic E-state index is 0.0559. The average Bonchev–Trinajstić information content (AvgIpc) is 3.08. The summed E-state index contributed by atoms with van der Waals surface area (Å²) in [5, 5.41) is 0. The molecule has 158 valence electrons. The third-order valence-electron chi connectivity index (χ3n) is 4.12. The van der Waals surface area contributed by atoms with Crippen LogP contribution in [-0.4, -0.2) is 43.9 Å². The molecule has 1 aromatic heterocycles. The van der Waals surface area contributed by atoms with Crippen LogP contribution in [0.4, 0.5) is 0 Å². The highest BCUT2D eigenvalue weighted by Gasteiger charge is 2.13. The van der Waals surface area contributed by atoms with Crippen molar-refractivity contribution in [1.82, 2.24) is 4.57 Å². The van der Waals surface area contributed by atoms with E-state index in [1.165, 1.54) is 18.4 Å². The van der Waals surface area contributed by atoms with Crippen LogP contribution in [0, 0.1) is 0 Å². The van der Waals surface area contributed by atoms with Gasteiger partial charge in [-0.2, -0.15) is 4.99 Å². The van der Waals surface area contributed by atoms with Crippen LogP contribution in [0.1, 0.15) is 6.92 Å². The summed E-state index contributed by atoms with van der Waals surface area (Å²) in [4.78, 5) is 29.1. The number of thiazole rings is 1. The summed E-state index contributed by atoms with van der Waals surface area (Å²) in [6.45, 7) is 1.69. The lowest BCUT2D eigenvalue weighted by Crippen LogP contribution is -2.24. The third-order valence-corrected chi connectivity index (χ3v) is 5.16. The van der Waals surface area contributed by atoms with Crippen LogP contribution >= 0.6 is 11.3 Å². The number of amides is 1. The van der Waals surface area contributed by atoms with Crippen molar-refractivity contribution >= 4 is 33.4 Å². The number of ether oxygens (including phenoxy) is 4. The molecule has 1 heterocycles. The van der Waals surface area contributed by atoms with E-state index in [4.69, 9.17) is 18.9 Å². The van der Waals surface area contributed by atoms with Gasteiger partial charge in [0.15, 0.2) is 22.9 Å². The number of nitrogens with zero attached hydrogens (tertiary/aromatic N) is 2. The summed E-state index contributed by atoms with van der Waals surface area (Å²) in [6, 6.07) is 12.5. The monoisotopic (exact) mass is 430 g/mol. The quantitative estimate of drug-likeness (QED) is 0.511. The summed E-state index contributed by atoms with van der Waals surface area (Å²) in [5.41, 5.74) is 0.756. The number of carbonyl (C=O) groups excluding carboxylic acids is 2. The van der Waals surface area contributed by atoms with E-state index in [-0.39, 0.29) is 19.8 Å². The van der Waals surface area contributed by atoms with Crippen LogP contribution in [-0.2, 0) is 20.9 Å². The highest BCUT2D eigenvalue weighted by Crippen LogP contribution is 2.26. The van der Waals surface area contributed by atoms with Crippen molar-refractivity contribution in [3.05, 3.63) is 47.3 Å². The van der Waals surface area contributed by atoms with Gasteiger partial charge in [0, 0.05) is 0 Å². The molecule has 0 spiro atoms. The van der Waals surface area contributed by atoms with Crippen molar-refractivity contribution in [3.63, 3.8) is 0 Å². The number of hydrogen-bond acceptors (Lipinski definition) is 7. The van der Waals surface area contributed by atoms with Gasteiger partial charge >= 0.3 is 5.97 Å². The maximum atomic E-state index is 12.5. The SMILES string of the molecule is CCOC(=O)Cn1c(=NC(=O)COc2ccccc2OC)sc2cc(OC)ccc21. The number of carbonyl (C=O) groups is 2. The number of rotatable bonds is 8. The van der Waals surface area contributed by atoms with Gasteiger partial charge < -0.3 is 23.5 Å². The van der Waals surface area contributed by atoms with Gasteiger partial charge in [-0.1, -0.05) is 23.5 Å². The lowest BCUT2D eigenvalue weighted by molar-refractivity contribution is -0.143. The highest BCUT2D eigenvalue weighted by atomic mass is 32.1. The van der Waals surface area contributed by atoms with Gasteiger partial charge in [0.25, 0.3) is 5.91 Å². The third kappa shape index (κ3) is 4.98. The molecule has 9 heteroatoms. The van der Waals surface area contributed by atoms with Gasteiger partial charge in [-0.15, -0.1) is 0 Å².